The molecule has 1 atom stereocenters. The molecule has 1 unspecified atom stereocenters. The quantitative estimate of drug-likeness (QED) is 0.901. The van der Waals surface area contributed by atoms with Crippen LogP contribution in [0.3, 0.4) is 0 Å². The van der Waals surface area contributed by atoms with E-state index in [9.17, 15) is 0 Å². The molecule has 0 bridgehead atoms. The summed E-state index contributed by atoms with van der Waals surface area (Å²) in [6.07, 6.45) is 5.96. The number of rotatable bonds is 4. The van der Waals surface area contributed by atoms with Crippen LogP contribution in [-0.4, -0.2) is 23.6 Å². The van der Waals surface area contributed by atoms with E-state index in [1.54, 1.807) is 0 Å². The van der Waals surface area contributed by atoms with Gasteiger partial charge in [-0.3, -0.25) is 0 Å². The molecule has 1 aromatic rings. The van der Waals surface area contributed by atoms with Gasteiger partial charge < -0.3 is 10.2 Å². The van der Waals surface area contributed by atoms with Crippen LogP contribution < -0.4 is 10.2 Å². The van der Waals surface area contributed by atoms with Crippen molar-refractivity contribution in [1.29, 1.82) is 0 Å². The Morgan fingerprint density at radius 2 is 2.21 bits per heavy atom. The Morgan fingerprint density at radius 1 is 1.42 bits per heavy atom. The lowest BCUT2D eigenvalue weighted by molar-refractivity contribution is 0.480. The van der Waals surface area contributed by atoms with E-state index in [1.165, 1.54) is 36.2 Å². The first kappa shape index (κ1) is 14.3. The summed E-state index contributed by atoms with van der Waals surface area (Å²) in [5, 5.41) is 3.44. The zero-order valence-electron chi connectivity index (χ0n) is 12.7. The maximum Gasteiger partial charge on any atom is 0.131 e. The van der Waals surface area contributed by atoms with E-state index < -0.39 is 0 Å². The zero-order valence-corrected chi connectivity index (χ0v) is 12.7. The van der Waals surface area contributed by atoms with Crippen molar-refractivity contribution in [1.82, 2.24) is 10.3 Å². The highest BCUT2D eigenvalue weighted by molar-refractivity contribution is 5.48. The molecule has 2 rings (SSSR count). The molecule has 3 heteroatoms. The average molecular weight is 261 g/mol. The van der Waals surface area contributed by atoms with E-state index in [1.807, 2.05) is 6.20 Å². The SMILES string of the molecule is Cc1cc(CNC(C)C)cnc1N1CCCCC1C. The van der Waals surface area contributed by atoms with Crippen molar-refractivity contribution >= 4 is 5.82 Å². The Morgan fingerprint density at radius 3 is 2.84 bits per heavy atom. The summed E-state index contributed by atoms with van der Waals surface area (Å²) in [5.74, 6) is 1.18. The van der Waals surface area contributed by atoms with Gasteiger partial charge in [0.1, 0.15) is 5.82 Å². The molecular weight excluding hydrogens is 234 g/mol. The Kier molecular flexibility index (Phi) is 4.81. The third-order valence-electron chi connectivity index (χ3n) is 3.90. The number of hydrogen-bond acceptors (Lipinski definition) is 3. The summed E-state index contributed by atoms with van der Waals surface area (Å²) in [6, 6.07) is 3.42. The predicted octanol–water partition coefficient (Wildman–Crippen LogP) is 3.27. The molecule has 106 valence electrons. The molecule has 1 fully saturated rings. The van der Waals surface area contributed by atoms with Gasteiger partial charge in [0.15, 0.2) is 0 Å². The van der Waals surface area contributed by atoms with Crippen molar-refractivity contribution in [2.24, 2.45) is 0 Å². The molecule has 1 saturated heterocycles. The Hall–Kier alpha value is -1.09. The molecule has 0 spiro atoms. The van der Waals surface area contributed by atoms with Crippen molar-refractivity contribution in [2.75, 3.05) is 11.4 Å². The van der Waals surface area contributed by atoms with Crippen LogP contribution in [0, 0.1) is 6.92 Å². The van der Waals surface area contributed by atoms with Crippen molar-refractivity contribution < 1.29 is 0 Å². The molecule has 3 nitrogen and oxygen atoms in total. The number of hydrogen-bond donors (Lipinski definition) is 1. The fourth-order valence-electron chi connectivity index (χ4n) is 2.76. The number of aryl methyl sites for hydroxylation is 1. The number of pyridine rings is 1. The molecule has 0 aromatic carbocycles. The van der Waals surface area contributed by atoms with Gasteiger partial charge in [-0.05, 0) is 50.3 Å². The number of anilines is 1. The van der Waals surface area contributed by atoms with E-state index in [0.717, 1.165) is 13.1 Å². The number of nitrogens with one attached hydrogen (secondary N) is 1. The van der Waals surface area contributed by atoms with Gasteiger partial charge in [0.05, 0.1) is 0 Å². The highest BCUT2D eigenvalue weighted by Crippen LogP contribution is 2.25. The van der Waals surface area contributed by atoms with Gasteiger partial charge >= 0.3 is 0 Å². The summed E-state index contributed by atoms with van der Waals surface area (Å²) in [5.41, 5.74) is 2.58. The first-order chi connectivity index (χ1) is 9.08. The van der Waals surface area contributed by atoms with Crippen molar-refractivity contribution in [2.45, 2.75) is 65.6 Å². The lowest BCUT2D eigenvalue weighted by Crippen LogP contribution is -2.38. The van der Waals surface area contributed by atoms with Crippen molar-refractivity contribution in [3.05, 3.63) is 23.4 Å². The zero-order chi connectivity index (χ0) is 13.8. The molecule has 1 aliphatic heterocycles. The summed E-state index contributed by atoms with van der Waals surface area (Å²) in [4.78, 5) is 7.19. The highest BCUT2D eigenvalue weighted by Gasteiger charge is 2.20. The minimum absolute atomic E-state index is 0.516. The van der Waals surface area contributed by atoms with Crippen LogP contribution in [0.4, 0.5) is 5.82 Å². The van der Waals surface area contributed by atoms with E-state index in [-0.39, 0.29) is 0 Å². The first-order valence-electron chi connectivity index (χ1n) is 7.53. The molecular formula is C16H27N3. The lowest BCUT2D eigenvalue weighted by Gasteiger charge is -2.35. The van der Waals surface area contributed by atoms with Crippen molar-refractivity contribution in [3.63, 3.8) is 0 Å². The minimum atomic E-state index is 0.516. The molecule has 19 heavy (non-hydrogen) atoms. The van der Waals surface area contributed by atoms with E-state index >= 15 is 0 Å². The molecule has 1 N–H and O–H groups in total. The van der Waals surface area contributed by atoms with Crippen LogP contribution in [0.25, 0.3) is 0 Å². The maximum atomic E-state index is 4.72. The van der Waals surface area contributed by atoms with Crippen molar-refractivity contribution in [3.8, 4) is 0 Å². The van der Waals surface area contributed by atoms with Crippen LogP contribution in [0.1, 0.15) is 51.2 Å². The van der Waals surface area contributed by atoms with E-state index in [2.05, 4.69) is 44.0 Å². The first-order valence-corrected chi connectivity index (χ1v) is 7.53. The molecule has 0 aliphatic carbocycles. The Balaban J connectivity index is 2.10. The lowest BCUT2D eigenvalue weighted by atomic mass is 10.0. The third-order valence-corrected chi connectivity index (χ3v) is 3.90. The van der Waals surface area contributed by atoms with Gasteiger partial charge in [-0.1, -0.05) is 13.8 Å². The molecule has 1 aliphatic rings. The largest absolute Gasteiger partial charge is 0.354 e. The van der Waals surface area contributed by atoms with Crippen LogP contribution >= 0.6 is 0 Å². The fraction of sp³-hybridized carbons (Fsp3) is 0.688. The normalized spacial score (nSPS) is 20.1. The van der Waals surface area contributed by atoms with Crippen LogP contribution in [0.15, 0.2) is 12.3 Å². The number of nitrogens with zero attached hydrogens (tertiary/aromatic N) is 2. The number of piperidine rings is 1. The predicted molar refractivity (Wildman–Crippen MR) is 81.6 cm³/mol. The minimum Gasteiger partial charge on any atom is -0.354 e. The second kappa shape index (κ2) is 6.38. The van der Waals surface area contributed by atoms with E-state index in [4.69, 9.17) is 4.98 Å². The Bertz CT molecular complexity index is 414. The fourth-order valence-corrected chi connectivity index (χ4v) is 2.76. The molecule has 0 amide bonds. The molecule has 2 heterocycles. The summed E-state index contributed by atoms with van der Waals surface area (Å²) in [6.45, 7) is 10.9. The third kappa shape index (κ3) is 3.69. The smallest absolute Gasteiger partial charge is 0.131 e. The van der Waals surface area contributed by atoms with Gasteiger partial charge in [0.2, 0.25) is 0 Å². The van der Waals surface area contributed by atoms with Gasteiger partial charge in [0, 0.05) is 31.4 Å². The summed E-state index contributed by atoms with van der Waals surface area (Å²) in [7, 11) is 0. The Labute approximate surface area is 117 Å². The second-order valence-electron chi connectivity index (χ2n) is 6.06. The molecule has 0 saturated carbocycles. The molecule has 0 radical (unpaired) electrons. The van der Waals surface area contributed by atoms with Gasteiger partial charge in [0.25, 0.3) is 0 Å². The summed E-state index contributed by atoms with van der Waals surface area (Å²) >= 11 is 0. The van der Waals surface area contributed by atoms with Gasteiger partial charge in [-0.25, -0.2) is 4.98 Å². The maximum absolute atomic E-state index is 4.72. The second-order valence-corrected chi connectivity index (χ2v) is 6.06. The van der Waals surface area contributed by atoms with Crippen LogP contribution in [0.2, 0.25) is 0 Å². The van der Waals surface area contributed by atoms with E-state index in [0.29, 0.717) is 12.1 Å². The monoisotopic (exact) mass is 261 g/mol. The number of aromatic nitrogens is 1. The molecule has 1 aromatic heterocycles. The topological polar surface area (TPSA) is 28.2 Å². The van der Waals surface area contributed by atoms with Gasteiger partial charge in [-0.15, -0.1) is 0 Å². The summed E-state index contributed by atoms with van der Waals surface area (Å²) < 4.78 is 0. The average Bonchev–Trinajstić information content (AvgIpc) is 2.38. The van der Waals surface area contributed by atoms with Crippen LogP contribution in [0.5, 0.6) is 0 Å². The highest BCUT2D eigenvalue weighted by atomic mass is 15.2. The van der Waals surface area contributed by atoms with Crippen LogP contribution in [-0.2, 0) is 6.54 Å². The van der Waals surface area contributed by atoms with Gasteiger partial charge in [-0.2, -0.15) is 0 Å². The standard InChI is InChI=1S/C16H27N3/c1-12(2)17-10-15-9-13(3)16(18-11-15)19-8-6-5-7-14(19)4/h9,11-12,14,17H,5-8,10H2,1-4H3.